The van der Waals surface area contributed by atoms with Crippen LogP contribution in [0.3, 0.4) is 0 Å². The van der Waals surface area contributed by atoms with Crippen LogP contribution in [0.15, 0.2) is 9.59 Å². The molecule has 4 unspecified atom stereocenters. The van der Waals surface area contributed by atoms with Crippen molar-refractivity contribution in [3.63, 3.8) is 0 Å². The summed E-state index contributed by atoms with van der Waals surface area (Å²) in [7, 11) is 0. The Morgan fingerprint density at radius 2 is 1.83 bits per heavy atom. The van der Waals surface area contributed by atoms with Gasteiger partial charge in [-0.3, -0.25) is 14.3 Å². The average molecular weight is 252 g/mol. The largest absolute Gasteiger partial charge is 0.492 e. The first kappa shape index (κ1) is 10.3. The van der Waals surface area contributed by atoms with Crippen LogP contribution in [0.1, 0.15) is 25.3 Å². The molecule has 0 radical (unpaired) electrons. The number of hydrogen-bond acceptors (Lipinski definition) is 3. The third kappa shape index (κ3) is 1.06. The van der Waals surface area contributed by atoms with Crippen LogP contribution in [0.5, 0.6) is 5.88 Å². The monoisotopic (exact) mass is 252 g/mol. The lowest BCUT2D eigenvalue weighted by atomic mass is 10.0. The standard InChI is InChI=1S/C12H13FN2O3/c13-8-10(16)14-12(18)15(11(8)17)9-6-4-1-2-5(3-4)7(6)9/h4-7,9,17H,1-3H2,(H,14,16,18). The molecule has 2 N–H and O–H groups in total. The number of H-pyrrole nitrogens is 1. The summed E-state index contributed by atoms with van der Waals surface area (Å²) < 4.78 is 14.4. The van der Waals surface area contributed by atoms with E-state index in [-0.39, 0.29) is 6.04 Å². The fraction of sp³-hybridized carbons (Fsp3) is 0.667. The van der Waals surface area contributed by atoms with Gasteiger partial charge in [-0.25, -0.2) is 4.79 Å². The molecule has 0 aromatic carbocycles. The first-order valence-corrected chi connectivity index (χ1v) is 6.33. The molecule has 1 heterocycles. The highest BCUT2D eigenvalue weighted by Gasteiger charge is 2.66. The van der Waals surface area contributed by atoms with Crippen LogP contribution < -0.4 is 11.2 Å². The van der Waals surface area contributed by atoms with Gasteiger partial charge in [-0.05, 0) is 42.9 Å². The van der Waals surface area contributed by atoms with E-state index >= 15 is 0 Å². The van der Waals surface area contributed by atoms with E-state index in [4.69, 9.17) is 0 Å². The van der Waals surface area contributed by atoms with Gasteiger partial charge < -0.3 is 5.11 Å². The maximum Gasteiger partial charge on any atom is 0.331 e. The van der Waals surface area contributed by atoms with Gasteiger partial charge in [-0.15, -0.1) is 0 Å². The van der Waals surface area contributed by atoms with Crippen LogP contribution in [0, 0.1) is 29.5 Å². The molecular formula is C12H13FN2O3. The lowest BCUT2D eigenvalue weighted by molar-refractivity contribution is 0.336. The van der Waals surface area contributed by atoms with Gasteiger partial charge >= 0.3 is 5.69 Å². The number of aromatic nitrogens is 2. The Bertz CT molecular complexity index is 634. The van der Waals surface area contributed by atoms with Gasteiger partial charge in [-0.1, -0.05) is 0 Å². The molecule has 6 heteroatoms. The number of hydrogen-bond donors (Lipinski definition) is 2. The van der Waals surface area contributed by atoms with E-state index < -0.39 is 22.9 Å². The normalized spacial score (nSPS) is 39.9. The Kier molecular flexibility index (Phi) is 1.75. The van der Waals surface area contributed by atoms with Crippen LogP contribution in [-0.4, -0.2) is 14.7 Å². The van der Waals surface area contributed by atoms with Crippen molar-refractivity contribution < 1.29 is 9.50 Å². The number of nitrogens with one attached hydrogen (secondary N) is 1. The third-order valence-electron chi connectivity index (χ3n) is 5.06. The van der Waals surface area contributed by atoms with Gasteiger partial charge in [0.1, 0.15) is 0 Å². The predicted molar refractivity (Wildman–Crippen MR) is 59.8 cm³/mol. The lowest BCUT2D eigenvalue weighted by Crippen LogP contribution is -2.32. The van der Waals surface area contributed by atoms with Crippen LogP contribution in [0.4, 0.5) is 4.39 Å². The first-order valence-electron chi connectivity index (χ1n) is 6.33. The van der Waals surface area contributed by atoms with Crippen LogP contribution in [0.25, 0.3) is 0 Å². The summed E-state index contributed by atoms with van der Waals surface area (Å²) in [6.45, 7) is 0. The summed E-state index contributed by atoms with van der Waals surface area (Å²) in [5, 5.41) is 9.69. The second-order valence-electron chi connectivity index (χ2n) is 5.75. The van der Waals surface area contributed by atoms with Crippen molar-refractivity contribution in [2.75, 3.05) is 0 Å². The molecule has 3 aliphatic rings. The summed E-state index contributed by atoms with van der Waals surface area (Å²) in [5.74, 6) is -0.0812. The Balaban J connectivity index is 1.82. The van der Waals surface area contributed by atoms with Crippen molar-refractivity contribution >= 4 is 0 Å². The molecule has 0 saturated heterocycles. The summed E-state index contributed by atoms with van der Waals surface area (Å²) in [4.78, 5) is 24.7. The molecule has 2 bridgehead atoms. The van der Waals surface area contributed by atoms with Crippen LogP contribution in [0.2, 0.25) is 0 Å². The third-order valence-corrected chi connectivity index (χ3v) is 5.06. The van der Waals surface area contributed by atoms with Gasteiger partial charge in [0.05, 0.1) is 0 Å². The molecule has 3 fully saturated rings. The minimum atomic E-state index is -1.26. The lowest BCUT2D eigenvalue weighted by Gasteiger charge is -2.12. The number of halogens is 1. The first-order chi connectivity index (χ1) is 8.59. The van der Waals surface area contributed by atoms with Crippen molar-refractivity contribution in [1.82, 2.24) is 9.55 Å². The number of nitrogens with zero attached hydrogens (tertiary/aromatic N) is 1. The molecule has 1 aromatic rings. The quantitative estimate of drug-likeness (QED) is 0.768. The van der Waals surface area contributed by atoms with E-state index in [2.05, 4.69) is 0 Å². The summed E-state index contributed by atoms with van der Waals surface area (Å²) in [6.07, 6.45) is 3.54. The summed E-state index contributed by atoms with van der Waals surface area (Å²) in [5.41, 5.74) is -1.85. The predicted octanol–water partition coefficient (Wildman–Crippen LogP) is 0.598. The van der Waals surface area contributed by atoms with Gasteiger partial charge in [0.15, 0.2) is 0 Å². The van der Waals surface area contributed by atoms with Gasteiger partial charge in [-0.2, -0.15) is 4.39 Å². The molecule has 0 spiro atoms. The second kappa shape index (κ2) is 3.05. The van der Waals surface area contributed by atoms with Gasteiger partial charge in [0.25, 0.3) is 5.56 Å². The molecule has 4 atom stereocenters. The molecule has 18 heavy (non-hydrogen) atoms. The second-order valence-corrected chi connectivity index (χ2v) is 5.75. The van der Waals surface area contributed by atoms with Crippen molar-refractivity contribution in [3.05, 3.63) is 26.7 Å². The maximum atomic E-state index is 13.4. The smallest absolute Gasteiger partial charge is 0.331 e. The van der Waals surface area contributed by atoms with E-state index in [1.807, 2.05) is 4.98 Å². The molecule has 3 saturated carbocycles. The fourth-order valence-electron chi connectivity index (χ4n) is 4.42. The van der Waals surface area contributed by atoms with E-state index in [0.717, 1.165) is 4.57 Å². The topological polar surface area (TPSA) is 75.1 Å². The Morgan fingerprint density at radius 1 is 1.22 bits per heavy atom. The molecule has 1 aromatic heterocycles. The highest BCUT2D eigenvalue weighted by atomic mass is 19.1. The highest BCUT2D eigenvalue weighted by Crippen LogP contribution is 2.71. The molecule has 0 amide bonds. The SMILES string of the molecule is O=c1[nH]c(=O)n(C2C3C4CCC(C4)C32)c(O)c1F. The highest BCUT2D eigenvalue weighted by molar-refractivity contribution is 5.21. The maximum absolute atomic E-state index is 13.4. The molecular weight excluding hydrogens is 239 g/mol. The Morgan fingerprint density at radius 3 is 2.44 bits per heavy atom. The number of aromatic amines is 1. The number of aromatic hydroxyl groups is 1. The zero-order valence-corrected chi connectivity index (χ0v) is 9.60. The molecule has 4 rings (SSSR count). The van der Waals surface area contributed by atoms with Gasteiger partial charge in [0.2, 0.25) is 11.7 Å². The van der Waals surface area contributed by atoms with Crippen molar-refractivity contribution in [2.24, 2.45) is 23.7 Å². The minimum Gasteiger partial charge on any atom is -0.492 e. The Hall–Kier alpha value is -1.59. The molecule has 3 aliphatic carbocycles. The Labute approximate surface area is 101 Å². The van der Waals surface area contributed by atoms with Crippen LogP contribution >= 0.6 is 0 Å². The minimum absolute atomic E-state index is 0.116. The van der Waals surface area contributed by atoms with E-state index in [0.29, 0.717) is 23.7 Å². The van der Waals surface area contributed by atoms with Crippen molar-refractivity contribution in [1.29, 1.82) is 0 Å². The van der Waals surface area contributed by atoms with Gasteiger partial charge in [0, 0.05) is 6.04 Å². The summed E-state index contributed by atoms with van der Waals surface area (Å²) >= 11 is 0. The zero-order valence-electron chi connectivity index (χ0n) is 9.60. The van der Waals surface area contributed by atoms with Crippen molar-refractivity contribution in [3.8, 4) is 5.88 Å². The summed E-state index contributed by atoms with van der Waals surface area (Å²) in [6, 6.07) is -0.116. The molecule has 0 aliphatic heterocycles. The average Bonchev–Trinajstić information content (AvgIpc) is 2.76. The van der Waals surface area contributed by atoms with E-state index in [1.165, 1.54) is 19.3 Å². The molecule has 5 nitrogen and oxygen atoms in total. The van der Waals surface area contributed by atoms with E-state index in [1.54, 1.807) is 0 Å². The number of rotatable bonds is 1. The van der Waals surface area contributed by atoms with Crippen LogP contribution in [-0.2, 0) is 0 Å². The fourth-order valence-corrected chi connectivity index (χ4v) is 4.42. The molecule has 96 valence electrons. The van der Waals surface area contributed by atoms with E-state index in [9.17, 15) is 19.1 Å². The van der Waals surface area contributed by atoms with Crippen molar-refractivity contribution in [2.45, 2.75) is 25.3 Å². The number of fused-ring (bicyclic) bond motifs is 5. The zero-order chi connectivity index (χ0) is 12.6.